The lowest BCUT2D eigenvalue weighted by molar-refractivity contribution is -0.903. The van der Waals surface area contributed by atoms with E-state index >= 15 is 0 Å². The molecule has 1 saturated heterocycles. The van der Waals surface area contributed by atoms with Gasteiger partial charge < -0.3 is 9.59 Å². The van der Waals surface area contributed by atoms with Crippen molar-refractivity contribution >= 4 is 0 Å². The van der Waals surface area contributed by atoms with Gasteiger partial charge in [0.05, 0.1) is 32.8 Å². The first-order valence-electron chi connectivity index (χ1n) is 6.69. The summed E-state index contributed by atoms with van der Waals surface area (Å²) in [5.74, 6) is 0.554. The highest BCUT2D eigenvalue weighted by atomic mass is 16.3. The Labute approximate surface area is 103 Å². The molecule has 0 aromatic heterocycles. The Balaban J connectivity index is 1.96. The summed E-state index contributed by atoms with van der Waals surface area (Å²) in [4.78, 5) is 0. The van der Waals surface area contributed by atoms with Gasteiger partial charge in [0.1, 0.15) is 0 Å². The summed E-state index contributed by atoms with van der Waals surface area (Å²) in [5, 5.41) is 10.2. The van der Waals surface area contributed by atoms with Crippen LogP contribution < -0.4 is 0 Å². The molecule has 1 fully saturated rings. The Bertz CT molecular complexity index is 427. The molecular weight excluding hydrogens is 210 g/mol. The molecule has 92 valence electrons. The van der Waals surface area contributed by atoms with Gasteiger partial charge >= 0.3 is 0 Å². The second kappa shape index (κ2) is 3.82. The van der Waals surface area contributed by atoms with Gasteiger partial charge in [-0.2, -0.15) is 0 Å². The molecule has 1 heterocycles. The van der Waals surface area contributed by atoms with E-state index in [1.807, 2.05) is 6.07 Å². The number of benzene rings is 1. The van der Waals surface area contributed by atoms with Crippen LogP contribution in [0.25, 0.3) is 0 Å². The molecule has 0 amide bonds. The first-order valence-corrected chi connectivity index (χ1v) is 6.69. The van der Waals surface area contributed by atoms with Crippen LogP contribution in [0.1, 0.15) is 42.4 Å². The van der Waals surface area contributed by atoms with Gasteiger partial charge in [-0.25, -0.2) is 0 Å². The molecule has 2 aliphatic rings. The molecule has 0 saturated carbocycles. The Hall–Kier alpha value is -0.860. The predicted molar refractivity (Wildman–Crippen MR) is 68.8 cm³/mol. The van der Waals surface area contributed by atoms with Gasteiger partial charge in [-0.15, -0.1) is 0 Å². The minimum atomic E-state index is -0.239. The van der Waals surface area contributed by atoms with Gasteiger partial charge in [0, 0.05) is 18.8 Å². The molecular formula is C15H22NO+. The van der Waals surface area contributed by atoms with Crippen LogP contribution in [-0.2, 0) is 0 Å². The third-order valence-electron chi connectivity index (χ3n) is 4.83. The van der Waals surface area contributed by atoms with Crippen molar-refractivity contribution in [3.8, 4) is 0 Å². The SMILES string of the molecule is C[N+]1(C)CCCC1C1CC(O)c2ccccc21. The highest BCUT2D eigenvalue weighted by molar-refractivity contribution is 5.37. The number of hydrogen-bond acceptors (Lipinski definition) is 1. The summed E-state index contributed by atoms with van der Waals surface area (Å²) >= 11 is 0. The minimum absolute atomic E-state index is 0.239. The average Bonchev–Trinajstić information content (AvgIpc) is 2.80. The van der Waals surface area contributed by atoms with Crippen molar-refractivity contribution in [2.45, 2.75) is 37.3 Å². The monoisotopic (exact) mass is 232 g/mol. The largest absolute Gasteiger partial charge is 0.388 e. The Morgan fingerprint density at radius 1 is 1.18 bits per heavy atom. The van der Waals surface area contributed by atoms with Crippen molar-refractivity contribution in [2.75, 3.05) is 20.6 Å². The summed E-state index contributed by atoms with van der Waals surface area (Å²) in [6, 6.07) is 9.15. The molecule has 1 aromatic rings. The van der Waals surface area contributed by atoms with Crippen molar-refractivity contribution in [3.63, 3.8) is 0 Å². The number of likely N-dealkylation sites (N-methyl/N-ethyl adjacent to an activating group) is 1. The number of fused-ring (bicyclic) bond motifs is 1. The maximum Gasteiger partial charge on any atom is 0.0959 e. The molecule has 3 atom stereocenters. The summed E-state index contributed by atoms with van der Waals surface area (Å²) in [7, 11) is 4.68. The van der Waals surface area contributed by atoms with E-state index in [4.69, 9.17) is 0 Å². The summed E-state index contributed by atoms with van der Waals surface area (Å²) in [6.07, 6.45) is 3.31. The van der Waals surface area contributed by atoms with E-state index in [0.29, 0.717) is 12.0 Å². The Kier molecular flexibility index (Phi) is 2.53. The van der Waals surface area contributed by atoms with E-state index in [0.717, 1.165) is 10.9 Å². The molecule has 1 aliphatic carbocycles. The molecule has 0 spiro atoms. The number of hydrogen-bond donors (Lipinski definition) is 1. The van der Waals surface area contributed by atoms with Crippen molar-refractivity contribution in [3.05, 3.63) is 35.4 Å². The lowest BCUT2D eigenvalue weighted by Gasteiger charge is -2.35. The molecule has 1 aliphatic heterocycles. The van der Waals surface area contributed by atoms with E-state index in [1.54, 1.807) is 0 Å². The zero-order chi connectivity index (χ0) is 12.0. The van der Waals surface area contributed by atoms with Gasteiger partial charge in [-0.05, 0) is 17.5 Å². The fourth-order valence-electron chi connectivity index (χ4n) is 3.92. The summed E-state index contributed by atoms with van der Waals surface area (Å²) in [6.45, 7) is 1.28. The Morgan fingerprint density at radius 2 is 1.88 bits per heavy atom. The van der Waals surface area contributed by atoms with Crippen molar-refractivity contribution in [2.24, 2.45) is 0 Å². The smallest absolute Gasteiger partial charge is 0.0959 e. The van der Waals surface area contributed by atoms with Crippen molar-refractivity contribution in [1.82, 2.24) is 0 Å². The van der Waals surface area contributed by atoms with E-state index in [2.05, 4.69) is 32.3 Å². The van der Waals surface area contributed by atoms with Crippen LogP contribution in [-0.4, -0.2) is 36.3 Å². The molecule has 2 nitrogen and oxygen atoms in total. The van der Waals surface area contributed by atoms with Crippen LogP contribution in [0.15, 0.2) is 24.3 Å². The number of likely N-dealkylation sites (tertiary alicyclic amines) is 1. The lowest BCUT2D eigenvalue weighted by Crippen LogP contribution is -2.46. The van der Waals surface area contributed by atoms with E-state index < -0.39 is 0 Å². The first-order chi connectivity index (χ1) is 8.09. The quantitative estimate of drug-likeness (QED) is 0.737. The molecule has 3 unspecified atom stereocenters. The molecule has 3 rings (SSSR count). The minimum Gasteiger partial charge on any atom is -0.388 e. The number of aliphatic hydroxyl groups excluding tert-OH is 1. The van der Waals surface area contributed by atoms with Gasteiger partial charge in [0.25, 0.3) is 0 Å². The van der Waals surface area contributed by atoms with E-state index in [-0.39, 0.29) is 6.10 Å². The molecule has 2 heteroatoms. The van der Waals surface area contributed by atoms with Gasteiger partial charge in [0.15, 0.2) is 0 Å². The van der Waals surface area contributed by atoms with Crippen molar-refractivity contribution < 1.29 is 9.59 Å². The number of nitrogens with zero attached hydrogens (tertiary/aromatic N) is 1. The van der Waals surface area contributed by atoms with Gasteiger partial charge in [-0.3, -0.25) is 0 Å². The number of quaternary nitrogens is 1. The fraction of sp³-hybridized carbons (Fsp3) is 0.600. The van der Waals surface area contributed by atoms with E-state index in [9.17, 15) is 5.11 Å². The molecule has 0 radical (unpaired) electrons. The zero-order valence-electron chi connectivity index (χ0n) is 10.8. The molecule has 1 aromatic carbocycles. The Morgan fingerprint density at radius 3 is 2.53 bits per heavy atom. The molecule has 1 N–H and O–H groups in total. The van der Waals surface area contributed by atoms with Crippen LogP contribution in [0.4, 0.5) is 0 Å². The predicted octanol–water partition coefficient (Wildman–Crippen LogP) is 2.45. The van der Waals surface area contributed by atoms with Crippen LogP contribution >= 0.6 is 0 Å². The summed E-state index contributed by atoms with van der Waals surface area (Å²) in [5.41, 5.74) is 2.57. The second-order valence-electron chi connectivity index (χ2n) is 6.20. The lowest BCUT2D eigenvalue weighted by atomic mass is 9.91. The molecule has 0 bridgehead atoms. The van der Waals surface area contributed by atoms with E-state index in [1.165, 1.54) is 30.5 Å². The molecule has 17 heavy (non-hydrogen) atoms. The highest BCUT2D eigenvalue weighted by Gasteiger charge is 2.44. The van der Waals surface area contributed by atoms with Crippen LogP contribution in [0, 0.1) is 0 Å². The fourth-order valence-corrected chi connectivity index (χ4v) is 3.92. The van der Waals surface area contributed by atoms with Crippen molar-refractivity contribution in [1.29, 1.82) is 0 Å². The standard InChI is InChI=1S/C15H22NO/c1-16(2)9-5-8-14(16)13-10-15(17)12-7-4-3-6-11(12)13/h3-4,6-7,13-15,17H,5,8-10H2,1-2H3/q+1. The topological polar surface area (TPSA) is 20.2 Å². The maximum absolute atomic E-state index is 10.2. The summed E-state index contributed by atoms with van der Waals surface area (Å²) < 4.78 is 1.12. The maximum atomic E-state index is 10.2. The van der Waals surface area contributed by atoms with Crippen LogP contribution in [0.5, 0.6) is 0 Å². The zero-order valence-corrected chi connectivity index (χ0v) is 10.8. The normalized spacial score (nSPS) is 34.9. The number of aliphatic hydroxyl groups is 1. The average molecular weight is 232 g/mol. The van der Waals surface area contributed by atoms with Gasteiger partial charge in [0.2, 0.25) is 0 Å². The number of rotatable bonds is 1. The van der Waals surface area contributed by atoms with Crippen LogP contribution in [0.3, 0.4) is 0 Å². The highest BCUT2D eigenvalue weighted by Crippen LogP contribution is 2.46. The van der Waals surface area contributed by atoms with Crippen LogP contribution in [0.2, 0.25) is 0 Å². The second-order valence-corrected chi connectivity index (χ2v) is 6.20. The third-order valence-corrected chi connectivity index (χ3v) is 4.83. The first kappa shape index (κ1) is 11.2. The van der Waals surface area contributed by atoms with Gasteiger partial charge in [-0.1, -0.05) is 24.3 Å². The third kappa shape index (κ3) is 1.71.